The number of halogens is 3. The molecule has 2 rings (SSSR count). The number of hydrogen-bond acceptors (Lipinski definition) is 4. The molecule has 0 saturated carbocycles. The number of carbonyl (C=O) groups is 2. The van der Waals surface area contributed by atoms with E-state index in [9.17, 15) is 0 Å². The average molecular weight is 479 g/mol. The molecule has 0 unspecified atom stereocenters. The lowest BCUT2D eigenvalue weighted by molar-refractivity contribution is -0.159. The summed E-state index contributed by atoms with van der Waals surface area (Å²) in [5.41, 5.74) is 2.30. The smallest absolute Gasteiger partial charge is 0.414 e. The van der Waals surface area contributed by atoms with E-state index in [1.807, 2.05) is 24.3 Å². The molecule has 0 aliphatic heterocycles. The van der Waals surface area contributed by atoms with E-state index in [-0.39, 0.29) is 0 Å². The first-order chi connectivity index (χ1) is 12.7. The molecule has 0 saturated heterocycles. The molecule has 2 aromatic rings. The first-order valence-electron chi connectivity index (χ1n) is 7.68. The number of carboxylic acids is 2. The van der Waals surface area contributed by atoms with Crippen LogP contribution in [0.4, 0.5) is 0 Å². The predicted molar refractivity (Wildman–Crippen MR) is 108 cm³/mol. The fraction of sp³-hybridized carbons (Fsp3) is 0.222. The normalized spacial score (nSPS) is 9.93. The lowest BCUT2D eigenvalue weighted by Gasteiger charge is -2.09. The van der Waals surface area contributed by atoms with Crippen LogP contribution in [0, 0.1) is 0 Å². The topological polar surface area (TPSA) is 95.9 Å². The first kappa shape index (κ1) is 23.2. The van der Waals surface area contributed by atoms with E-state index in [1.54, 1.807) is 13.2 Å². The summed E-state index contributed by atoms with van der Waals surface area (Å²) in [4.78, 5) is 18.2. The summed E-state index contributed by atoms with van der Waals surface area (Å²) in [5.74, 6) is -2.81. The number of carboxylic acid groups (broad SMARTS) is 2. The van der Waals surface area contributed by atoms with Crippen molar-refractivity contribution in [3.8, 4) is 5.75 Å². The minimum atomic E-state index is -1.82. The van der Waals surface area contributed by atoms with Gasteiger partial charge in [-0.1, -0.05) is 35.3 Å². The van der Waals surface area contributed by atoms with Gasteiger partial charge in [-0.05, 0) is 64.3 Å². The molecular weight excluding hydrogens is 461 g/mol. The molecule has 27 heavy (non-hydrogen) atoms. The summed E-state index contributed by atoms with van der Waals surface area (Å²) < 4.78 is 6.18. The lowest BCUT2D eigenvalue weighted by atomic mass is 10.1. The van der Waals surface area contributed by atoms with Crippen LogP contribution in [0.3, 0.4) is 0 Å². The first-order valence-corrected chi connectivity index (χ1v) is 9.22. The van der Waals surface area contributed by atoms with Gasteiger partial charge in [0.25, 0.3) is 0 Å². The Morgan fingerprint density at radius 3 is 2.30 bits per heavy atom. The zero-order chi connectivity index (χ0) is 20.4. The maximum absolute atomic E-state index is 9.10. The Balaban J connectivity index is 0.000000527. The highest BCUT2D eigenvalue weighted by Gasteiger charge is 2.04. The van der Waals surface area contributed by atoms with Gasteiger partial charge in [0.2, 0.25) is 0 Å². The lowest BCUT2D eigenvalue weighted by Crippen LogP contribution is -2.16. The third-order valence-corrected chi connectivity index (χ3v) is 4.52. The summed E-state index contributed by atoms with van der Waals surface area (Å²) in [6, 6.07) is 11.7. The van der Waals surface area contributed by atoms with Crippen LogP contribution in [0.5, 0.6) is 5.75 Å². The van der Waals surface area contributed by atoms with Gasteiger partial charge in [-0.2, -0.15) is 0 Å². The second kappa shape index (κ2) is 11.8. The highest BCUT2D eigenvalue weighted by molar-refractivity contribution is 9.10. The summed E-state index contributed by atoms with van der Waals surface area (Å²) in [7, 11) is 1.66. The number of benzene rings is 2. The Kier molecular flexibility index (Phi) is 10.2. The van der Waals surface area contributed by atoms with Gasteiger partial charge in [0.15, 0.2) is 0 Å². The van der Waals surface area contributed by atoms with Crippen molar-refractivity contribution < 1.29 is 24.5 Å². The maximum atomic E-state index is 9.10. The minimum Gasteiger partial charge on any atom is -0.496 e. The molecule has 0 aliphatic rings. The van der Waals surface area contributed by atoms with Crippen LogP contribution in [-0.2, 0) is 22.6 Å². The maximum Gasteiger partial charge on any atom is 0.414 e. The van der Waals surface area contributed by atoms with Crippen molar-refractivity contribution in [2.24, 2.45) is 0 Å². The van der Waals surface area contributed by atoms with Gasteiger partial charge in [-0.15, -0.1) is 0 Å². The SMILES string of the molecule is COc1ccc(CNCCc2ccc(Cl)cc2Cl)cc1Br.O=C(O)C(=O)O. The van der Waals surface area contributed by atoms with Gasteiger partial charge in [0.05, 0.1) is 11.6 Å². The van der Waals surface area contributed by atoms with Crippen molar-refractivity contribution in [3.05, 3.63) is 62.0 Å². The van der Waals surface area contributed by atoms with E-state index in [0.29, 0.717) is 5.02 Å². The van der Waals surface area contributed by atoms with Crippen LogP contribution in [0.25, 0.3) is 0 Å². The summed E-state index contributed by atoms with van der Waals surface area (Å²) in [6.07, 6.45) is 0.868. The molecule has 0 bridgehead atoms. The third kappa shape index (κ3) is 8.62. The van der Waals surface area contributed by atoms with E-state index in [1.165, 1.54) is 5.56 Å². The van der Waals surface area contributed by atoms with Gasteiger partial charge in [0.1, 0.15) is 5.75 Å². The molecular formula is C18H18BrCl2NO5. The highest BCUT2D eigenvalue weighted by Crippen LogP contribution is 2.25. The molecule has 0 atom stereocenters. The van der Waals surface area contributed by atoms with Gasteiger partial charge >= 0.3 is 11.9 Å². The van der Waals surface area contributed by atoms with E-state index >= 15 is 0 Å². The summed E-state index contributed by atoms with van der Waals surface area (Å²) >= 11 is 15.5. The third-order valence-electron chi connectivity index (χ3n) is 3.31. The molecule has 0 radical (unpaired) electrons. The Morgan fingerprint density at radius 1 is 1.11 bits per heavy atom. The number of ether oxygens (including phenoxy) is 1. The van der Waals surface area contributed by atoms with Gasteiger partial charge in [0, 0.05) is 16.6 Å². The molecule has 146 valence electrons. The van der Waals surface area contributed by atoms with Gasteiger partial charge < -0.3 is 20.3 Å². The second-order valence-electron chi connectivity index (χ2n) is 5.24. The van der Waals surface area contributed by atoms with Crippen LogP contribution < -0.4 is 10.1 Å². The minimum absolute atomic E-state index is 0.666. The molecule has 9 heteroatoms. The fourth-order valence-electron chi connectivity index (χ4n) is 2.00. The quantitative estimate of drug-likeness (QED) is 0.424. The Labute approximate surface area is 175 Å². The molecule has 0 aromatic heterocycles. The van der Waals surface area contributed by atoms with Crippen molar-refractivity contribution >= 4 is 51.1 Å². The van der Waals surface area contributed by atoms with Crippen LogP contribution >= 0.6 is 39.1 Å². The molecule has 6 nitrogen and oxygen atoms in total. The molecule has 0 aliphatic carbocycles. The van der Waals surface area contributed by atoms with Crippen molar-refractivity contribution in [2.45, 2.75) is 13.0 Å². The number of methoxy groups -OCH3 is 1. The van der Waals surface area contributed by atoms with Gasteiger partial charge in [-0.25, -0.2) is 9.59 Å². The number of nitrogens with one attached hydrogen (secondary N) is 1. The Hall–Kier alpha value is -1.80. The Bertz CT molecular complexity index is 789. The second-order valence-corrected chi connectivity index (χ2v) is 6.94. The van der Waals surface area contributed by atoms with Crippen molar-refractivity contribution in [1.29, 1.82) is 0 Å². The van der Waals surface area contributed by atoms with Crippen molar-refractivity contribution in [1.82, 2.24) is 5.32 Å². The Morgan fingerprint density at radius 2 is 1.78 bits per heavy atom. The largest absolute Gasteiger partial charge is 0.496 e. The van der Waals surface area contributed by atoms with Crippen molar-refractivity contribution in [3.63, 3.8) is 0 Å². The zero-order valence-electron chi connectivity index (χ0n) is 14.3. The van der Waals surface area contributed by atoms with E-state index in [0.717, 1.165) is 40.3 Å². The van der Waals surface area contributed by atoms with E-state index in [4.69, 9.17) is 47.7 Å². The molecule has 0 fully saturated rings. The van der Waals surface area contributed by atoms with Crippen LogP contribution in [0.15, 0.2) is 40.9 Å². The molecule has 0 spiro atoms. The fourth-order valence-corrected chi connectivity index (χ4v) is 3.09. The highest BCUT2D eigenvalue weighted by atomic mass is 79.9. The number of aliphatic carboxylic acids is 2. The predicted octanol–water partition coefficient (Wildman–Crippen LogP) is 4.25. The van der Waals surface area contributed by atoms with E-state index in [2.05, 4.69) is 27.3 Å². The monoisotopic (exact) mass is 477 g/mol. The summed E-state index contributed by atoms with van der Waals surface area (Å²) in [6.45, 7) is 1.65. The molecule has 2 aromatic carbocycles. The number of rotatable bonds is 6. The molecule has 0 heterocycles. The van der Waals surface area contributed by atoms with Crippen LogP contribution in [0.1, 0.15) is 11.1 Å². The average Bonchev–Trinajstić information content (AvgIpc) is 2.61. The standard InChI is InChI=1S/C16H16BrCl2NO.C2H2O4/c1-21-16-5-2-11(8-14(16)17)10-20-7-6-12-3-4-13(18)9-15(12)19;3-1(4)2(5)6/h2-5,8-9,20H,6-7,10H2,1H3;(H,3,4)(H,5,6). The zero-order valence-corrected chi connectivity index (χ0v) is 17.4. The molecule has 0 amide bonds. The van der Waals surface area contributed by atoms with Crippen molar-refractivity contribution in [2.75, 3.05) is 13.7 Å². The van der Waals surface area contributed by atoms with Crippen LogP contribution in [0.2, 0.25) is 10.0 Å². The van der Waals surface area contributed by atoms with Crippen LogP contribution in [-0.4, -0.2) is 35.8 Å². The van der Waals surface area contributed by atoms with Gasteiger partial charge in [-0.3, -0.25) is 0 Å². The molecule has 3 N–H and O–H groups in total. The number of hydrogen-bond donors (Lipinski definition) is 3. The van der Waals surface area contributed by atoms with E-state index < -0.39 is 11.9 Å². The summed E-state index contributed by atoms with van der Waals surface area (Å²) in [5, 5.41) is 19.6.